The van der Waals surface area contributed by atoms with Crippen molar-refractivity contribution in [2.75, 3.05) is 13.6 Å². The molecule has 0 atom stereocenters. The Morgan fingerprint density at radius 1 is 1.05 bits per heavy atom. The second kappa shape index (κ2) is 6.76. The molecule has 0 aliphatic rings. The lowest BCUT2D eigenvalue weighted by Crippen LogP contribution is -2.07. The highest BCUT2D eigenvalue weighted by Crippen LogP contribution is 2.23. The summed E-state index contributed by atoms with van der Waals surface area (Å²) in [5.74, 6) is 1.78. The minimum Gasteiger partial charge on any atom is -0.457 e. The lowest BCUT2D eigenvalue weighted by atomic mass is 10.1. The van der Waals surface area contributed by atoms with Crippen LogP contribution in [0.3, 0.4) is 0 Å². The van der Waals surface area contributed by atoms with Crippen molar-refractivity contribution in [1.29, 1.82) is 0 Å². The molecular formula is C17H19NO. The first-order valence-corrected chi connectivity index (χ1v) is 6.45. The van der Waals surface area contributed by atoms with Crippen LogP contribution in [0.5, 0.6) is 5.75 Å². The molecule has 0 fully saturated rings. The molecule has 98 valence electrons. The fourth-order valence-electron chi connectivity index (χ4n) is 1.81. The van der Waals surface area contributed by atoms with E-state index >= 15 is 0 Å². The topological polar surface area (TPSA) is 21.3 Å². The Balaban J connectivity index is 2.27. The molecule has 0 unspecified atom stereocenters. The number of ether oxygens (including phenoxy) is 1. The van der Waals surface area contributed by atoms with Gasteiger partial charge in [-0.1, -0.05) is 48.5 Å². The van der Waals surface area contributed by atoms with Crippen LogP contribution in [0.15, 0.2) is 60.7 Å². The van der Waals surface area contributed by atoms with E-state index in [1.165, 1.54) is 0 Å². The fraction of sp³-hybridized carbons (Fsp3) is 0.176. The summed E-state index contributed by atoms with van der Waals surface area (Å²) in [7, 11) is 1.92. The molecule has 0 aliphatic heterocycles. The van der Waals surface area contributed by atoms with Crippen LogP contribution in [0.25, 0.3) is 5.76 Å². The van der Waals surface area contributed by atoms with Crippen LogP contribution in [-0.4, -0.2) is 13.6 Å². The van der Waals surface area contributed by atoms with E-state index in [-0.39, 0.29) is 0 Å². The Morgan fingerprint density at radius 2 is 1.74 bits per heavy atom. The minimum absolute atomic E-state index is 0.774. The molecular weight excluding hydrogens is 234 g/mol. The third-order valence-electron chi connectivity index (χ3n) is 2.86. The van der Waals surface area contributed by atoms with E-state index in [0.717, 1.165) is 29.2 Å². The molecule has 0 spiro atoms. The van der Waals surface area contributed by atoms with Crippen molar-refractivity contribution in [1.82, 2.24) is 5.32 Å². The second-order valence-corrected chi connectivity index (χ2v) is 4.36. The van der Waals surface area contributed by atoms with Gasteiger partial charge < -0.3 is 10.1 Å². The van der Waals surface area contributed by atoms with Gasteiger partial charge in [-0.25, -0.2) is 0 Å². The maximum absolute atomic E-state index is 6.05. The Bertz CT molecular complexity index is 546. The quantitative estimate of drug-likeness (QED) is 0.821. The van der Waals surface area contributed by atoms with Gasteiger partial charge in [0.05, 0.1) is 0 Å². The summed E-state index contributed by atoms with van der Waals surface area (Å²) in [6, 6.07) is 18.2. The van der Waals surface area contributed by atoms with Crippen molar-refractivity contribution in [3.05, 3.63) is 71.8 Å². The highest BCUT2D eigenvalue weighted by molar-refractivity contribution is 5.62. The number of benzene rings is 2. The van der Waals surface area contributed by atoms with E-state index in [1.807, 2.05) is 43.4 Å². The molecule has 0 aliphatic carbocycles. The van der Waals surface area contributed by atoms with Crippen molar-refractivity contribution >= 4 is 5.76 Å². The molecule has 19 heavy (non-hydrogen) atoms. The fourth-order valence-corrected chi connectivity index (χ4v) is 1.81. The summed E-state index contributed by atoms with van der Waals surface area (Å²) < 4.78 is 6.05. The lowest BCUT2D eigenvalue weighted by molar-refractivity contribution is 0.509. The van der Waals surface area contributed by atoms with Crippen molar-refractivity contribution in [2.24, 2.45) is 0 Å². The van der Waals surface area contributed by atoms with Gasteiger partial charge in [0.25, 0.3) is 0 Å². The molecule has 0 radical (unpaired) electrons. The molecule has 0 bridgehead atoms. The molecule has 2 heteroatoms. The number of hydrogen-bond donors (Lipinski definition) is 1. The SMILES string of the molecule is CNCC=C(Oc1ccccc1C)c1ccccc1. The summed E-state index contributed by atoms with van der Waals surface area (Å²) in [6.45, 7) is 2.83. The van der Waals surface area contributed by atoms with Gasteiger partial charge in [-0.2, -0.15) is 0 Å². The number of para-hydroxylation sites is 1. The third-order valence-corrected chi connectivity index (χ3v) is 2.86. The molecule has 0 aromatic heterocycles. The van der Waals surface area contributed by atoms with Crippen LogP contribution in [0.1, 0.15) is 11.1 Å². The van der Waals surface area contributed by atoms with Crippen molar-refractivity contribution in [3.8, 4) is 5.75 Å². The predicted molar refractivity (Wildman–Crippen MR) is 80.2 cm³/mol. The number of aryl methyl sites for hydroxylation is 1. The minimum atomic E-state index is 0.774. The van der Waals surface area contributed by atoms with Gasteiger partial charge in [-0.05, 0) is 31.7 Å². The van der Waals surface area contributed by atoms with E-state index in [1.54, 1.807) is 0 Å². The average Bonchev–Trinajstić information content (AvgIpc) is 2.46. The van der Waals surface area contributed by atoms with E-state index < -0.39 is 0 Å². The van der Waals surface area contributed by atoms with E-state index in [9.17, 15) is 0 Å². The normalized spacial score (nSPS) is 11.4. The summed E-state index contributed by atoms with van der Waals surface area (Å²) >= 11 is 0. The molecule has 1 N–H and O–H groups in total. The van der Waals surface area contributed by atoms with E-state index in [4.69, 9.17) is 4.74 Å². The molecule has 0 heterocycles. The molecule has 0 saturated heterocycles. The molecule has 0 amide bonds. The first-order valence-electron chi connectivity index (χ1n) is 6.45. The largest absolute Gasteiger partial charge is 0.457 e. The van der Waals surface area contributed by atoms with Crippen molar-refractivity contribution in [2.45, 2.75) is 6.92 Å². The van der Waals surface area contributed by atoms with Gasteiger partial charge in [0.15, 0.2) is 0 Å². The van der Waals surface area contributed by atoms with Crippen LogP contribution in [0, 0.1) is 6.92 Å². The molecule has 0 saturated carbocycles. The molecule has 2 aromatic carbocycles. The number of nitrogens with one attached hydrogen (secondary N) is 1. The van der Waals surface area contributed by atoms with Crippen molar-refractivity contribution < 1.29 is 4.74 Å². The Kier molecular flexibility index (Phi) is 4.76. The van der Waals surface area contributed by atoms with Gasteiger partial charge >= 0.3 is 0 Å². The number of likely N-dealkylation sites (N-methyl/N-ethyl adjacent to an activating group) is 1. The van der Waals surface area contributed by atoms with Gasteiger partial charge in [0.2, 0.25) is 0 Å². The molecule has 2 rings (SSSR count). The zero-order valence-corrected chi connectivity index (χ0v) is 11.4. The number of hydrogen-bond acceptors (Lipinski definition) is 2. The average molecular weight is 253 g/mol. The van der Waals surface area contributed by atoms with Gasteiger partial charge in [-0.3, -0.25) is 0 Å². The maximum Gasteiger partial charge on any atom is 0.131 e. The monoisotopic (exact) mass is 253 g/mol. The summed E-state index contributed by atoms with van der Waals surface area (Å²) in [4.78, 5) is 0. The van der Waals surface area contributed by atoms with Crippen LogP contribution < -0.4 is 10.1 Å². The standard InChI is InChI=1S/C17H19NO/c1-14-8-6-7-11-16(14)19-17(12-13-18-2)15-9-4-3-5-10-15/h3-12,18H,13H2,1-2H3. The van der Waals surface area contributed by atoms with E-state index in [0.29, 0.717) is 0 Å². The Morgan fingerprint density at radius 3 is 2.42 bits per heavy atom. The summed E-state index contributed by atoms with van der Waals surface area (Å²) in [6.07, 6.45) is 2.06. The summed E-state index contributed by atoms with van der Waals surface area (Å²) in [5.41, 5.74) is 2.22. The van der Waals surface area contributed by atoms with Gasteiger partial charge in [0.1, 0.15) is 11.5 Å². The predicted octanol–water partition coefficient (Wildman–Crippen LogP) is 3.63. The van der Waals surface area contributed by atoms with Crippen LogP contribution in [0.2, 0.25) is 0 Å². The van der Waals surface area contributed by atoms with Crippen LogP contribution in [-0.2, 0) is 0 Å². The Hall–Kier alpha value is -2.06. The zero-order valence-electron chi connectivity index (χ0n) is 11.4. The molecule has 2 nitrogen and oxygen atoms in total. The lowest BCUT2D eigenvalue weighted by Gasteiger charge is -2.12. The number of rotatable bonds is 5. The van der Waals surface area contributed by atoms with Gasteiger partial charge in [-0.15, -0.1) is 0 Å². The van der Waals surface area contributed by atoms with Gasteiger partial charge in [0, 0.05) is 12.1 Å². The van der Waals surface area contributed by atoms with Crippen LogP contribution >= 0.6 is 0 Å². The second-order valence-electron chi connectivity index (χ2n) is 4.36. The first-order chi connectivity index (χ1) is 9.31. The van der Waals surface area contributed by atoms with Crippen LogP contribution in [0.4, 0.5) is 0 Å². The van der Waals surface area contributed by atoms with E-state index in [2.05, 4.69) is 36.5 Å². The smallest absolute Gasteiger partial charge is 0.131 e. The highest BCUT2D eigenvalue weighted by atomic mass is 16.5. The Labute approximate surface area is 114 Å². The zero-order chi connectivity index (χ0) is 13.5. The first kappa shape index (κ1) is 13.4. The van der Waals surface area contributed by atoms with Crippen molar-refractivity contribution in [3.63, 3.8) is 0 Å². The maximum atomic E-state index is 6.05. The highest BCUT2D eigenvalue weighted by Gasteiger charge is 2.05. The third kappa shape index (κ3) is 3.70. The molecule has 2 aromatic rings. The summed E-state index contributed by atoms with van der Waals surface area (Å²) in [5, 5.41) is 3.11.